The summed E-state index contributed by atoms with van der Waals surface area (Å²) in [5, 5.41) is 0. The Hall–Kier alpha value is -1.81. The third-order valence-electron chi connectivity index (χ3n) is 3.33. The summed E-state index contributed by atoms with van der Waals surface area (Å²) < 4.78 is 4.79. The van der Waals surface area contributed by atoms with Gasteiger partial charge in [0.25, 0.3) is 5.56 Å². The molecular formula is C21H15Br4N3O2. The Labute approximate surface area is 206 Å². The molecule has 0 aliphatic carbocycles. The van der Waals surface area contributed by atoms with Crippen LogP contribution in [0, 0.1) is 0 Å². The van der Waals surface area contributed by atoms with E-state index in [2.05, 4.69) is 73.7 Å². The highest BCUT2D eigenvalue weighted by atomic mass is 79.9. The van der Waals surface area contributed by atoms with Gasteiger partial charge in [-0.1, -0.05) is 36.4 Å². The van der Waals surface area contributed by atoms with Gasteiger partial charge in [-0.25, -0.2) is 4.98 Å². The number of pyridine rings is 3. The van der Waals surface area contributed by atoms with Crippen molar-refractivity contribution in [2.45, 2.75) is 0 Å². The van der Waals surface area contributed by atoms with E-state index in [4.69, 9.17) is 0 Å². The standard InChI is InChI=1S/C11H8BrNO.C5H3Br2N.C5H4BrNO/c12-10-7-4-8-11(14)13(10)9-5-2-1-3-6-9;6-4-2-1-3-5(7)8-4;6-4-2-1-3-5(8)7-4/h1-8H;1-3H;1-3H,(H,7,8). The monoisotopic (exact) mass is 657 g/mol. The molecule has 154 valence electrons. The smallest absolute Gasteiger partial charge is 0.255 e. The van der Waals surface area contributed by atoms with E-state index in [1.54, 1.807) is 22.8 Å². The van der Waals surface area contributed by atoms with Gasteiger partial charge in [0, 0.05) is 17.8 Å². The van der Waals surface area contributed by atoms with Gasteiger partial charge >= 0.3 is 0 Å². The van der Waals surface area contributed by atoms with Crippen LogP contribution in [-0.4, -0.2) is 14.5 Å². The summed E-state index contributed by atoms with van der Waals surface area (Å²) in [4.78, 5) is 28.5. The zero-order valence-corrected chi connectivity index (χ0v) is 21.6. The number of nitrogens with zero attached hydrogens (tertiary/aromatic N) is 2. The Morgan fingerprint density at radius 3 is 1.73 bits per heavy atom. The number of benzene rings is 1. The molecule has 0 aliphatic rings. The van der Waals surface area contributed by atoms with Gasteiger partial charge in [-0.05, 0) is 100 Å². The van der Waals surface area contributed by atoms with Gasteiger partial charge < -0.3 is 4.98 Å². The third kappa shape index (κ3) is 8.51. The molecule has 3 heterocycles. The van der Waals surface area contributed by atoms with Crippen LogP contribution in [0.4, 0.5) is 0 Å². The van der Waals surface area contributed by atoms with Gasteiger partial charge in [-0.3, -0.25) is 14.2 Å². The van der Waals surface area contributed by atoms with Crippen molar-refractivity contribution in [3.05, 3.63) is 124 Å². The van der Waals surface area contributed by atoms with Gasteiger partial charge in [0.05, 0.1) is 9.21 Å². The van der Waals surface area contributed by atoms with Crippen LogP contribution in [0.15, 0.2) is 113 Å². The number of aromatic nitrogens is 3. The summed E-state index contributed by atoms with van der Waals surface area (Å²) in [6, 6.07) is 25.2. The number of para-hydroxylation sites is 1. The number of aromatic amines is 1. The molecule has 0 spiro atoms. The first-order valence-corrected chi connectivity index (χ1v) is 11.6. The van der Waals surface area contributed by atoms with E-state index in [1.165, 1.54) is 12.1 Å². The lowest BCUT2D eigenvalue weighted by molar-refractivity contribution is 0.960. The van der Waals surface area contributed by atoms with Crippen LogP contribution in [0.3, 0.4) is 0 Å². The minimum atomic E-state index is -0.0839. The van der Waals surface area contributed by atoms with Crippen molar-refractivity contribution in [1.29, 1.82) is 0 Å². The summed E-state index contributed by atoms with van der Waals surface area (Å²) >= 11 is 12.9. The molecule has 3 aromatic heterocycles. The van der Waals surface area contributed by atoms with Crippen LogP contribution >= 0.6 is 63.7 Å². The number of rotatable bonds is 1. The molecule has 0 atom stereocenters. The molecule has 9 heteroatoms. The molecule has 0 amide bonds. The zero-order chi connectivity index (χ0) is 21.9. The Morgan fingerprint density at radius 1 is 0.667 bits per heavy atom. The molecule has 1 aromatic carbocycles. The van der Waals surface area contributed by atoms with E-state index in [-0.39, 0.29) is 11.1 Å². The summed E-state index contributed by atoms with van der Waals surface area (Å²) in [7, 11) is 0. The Bertz CT molecular complexity index is 1180. The van der Waals surface area contributed by atoms with Crippen LogP contribution in [0.1, 0.15) is 0 Å². The van der Waals surface area contributed by atoms with Gasteiger partial charge in [-0.2, -0.15) is 0 Å². The molecule has 5 nitrogen and oxygen atoms in total. The molecule has 0 radical (unpaired) electrons. The quantitative estimate of drug-likeness (QED) is 0.242. The van der Waals surface area contributed by atoms with Crippen molar-refractivity contribution >= 4 is 63.7 Å². The first-order chi connectivity index (χ1) is 14.4. The van der Waals surface area contributed by atoms with Crippen LogP contribution in [0.25, 0.3) is 5.69 Å². The fraction of sp³-hybridized carbons (Fsp3) is 0. The number of H-pyrrole nitrogens is 1. The normalized spacial score (nSPS) is 9.60. The summed E-state index contributed by atoms with van der Waals surface area (Å²) in [6.45, 7) is 0. The first kappa shape index (κ1) is 24.5. The van der Waals surface area contributed by atoms with E-state index in [0.29, 0.717) is 4.60 Å². The molecule has 1 N–H and O–H groups in total. The van der Waals surface area contributed by atoms with Gasteiger partial charge in [0.1, 0.15) is 9.21 Å². The lowest BCUT2D eigenvalue weighted by Crippen LogP contribution is -2.17. The first-order valence-electron chi connectivity index (χ1n) is 8.42. The summed E-state index contributed by atoms with van der Waals surface area (Å²) in [6.07, 6.45) is 0. The average molecular weight is 661 g/mol. The van der Waals surface area contributed by atoms with E-state index in [1.807, 2.05) is 54.6 Å². The predicted octanol–water partition coefficient (Wildman–Crippen LogP) is 6.34. The van der Waals surface area contributed by atoms with Gasteiger partial charge in [0.2, 0.25) is 5.56 Å². The van der Waals surface area contributed by atoms with Crippen LogP contribution in [0.5, 0.6) is 0 Å². The number of hydrogen-bond donors (Lipinski definition) is 1. The fourth-order valence-corrected chi connectivity index (χ4v) is 3.90. The Morgan fingerprint density at radius 2 is 1.27 bits per heavy atom. The molecule has 30 heavy (non-hydrogen) atoms. The maximum absolute atomic E-state index is 11.6. The Kier molecular flexibility index (Phi) is 10.4. The molecule has 4 rings (SSSR count). The molecule has 0 unspecified atom stereocenters. The number of halogens is 4. The minimum Gasteiger partial charge on any atom is -0.317 e. The fourth-order valence-electron chi connectivity index (χ4n) is 2.10. The molecular weight excluding hydrogens is 646 g/mol. The van der Waals surface area contributed by atoms with E-state index >= 15 is 0 Å². The van der Waals surface area contributed by atoms with Crippen molar-refractivity contribution in [1.82, 2.24) is 14.5 Å². The average Bonchev–Trinajstić information content (AvgIpc) is 2.69. The largest absolute Gasteiger partial charge is 0.317 e. The lowest BCUT2D eigenvalue weighted by Gasteiger charge is -2.06. The van der Waals surface area contributed by atoms with Crippen molar-refractivity contribution in [3.8, 4) is 5.69 Å². The molecule has 0 saturated heterocycles. The molecule has 4 aromatic rings. The Balaban J connectivity index is 0.000000172. The third-order valence-corrected chi connectivity index (χ3v) is 5.30. The SMILES string of the molecule is Brc1cccc(Br)n1.O=c1cccc(Br)[nH]1.O=c1cccc(Br)n1-c1ccccc1. The highest BCUT2D eigenvalue weighted by Crippen LogP contribution is 2.13. The van der Waals surface area contributed by atoms with Crippen molar-refractivity contribution in [2.75, 3.05) is 0 Å². The van der Waals surface area contributed by atoms with Crippen LogP contribution < -0.4 is 11.1 Å². The second kappa shape index (κ2) is 12.8. The highest BCUT2D eigenvalue weighted by molar-refractivity contribution is 9.11. The number of hydrogen-bond acceptors (Lipinski definition) is 3. The van der Waals surface area contributed by atoms with Crippen molar-refractivity contribution < 1.29 is 0 Å². The number of nitrogens with one attached hydrogen (secondary N) is 1. The van der Waals surface area contributed by atoms with Crippen molar-refractivity contribution in [2.24, 2.45) is 0 Å². The summed E-state index contributed by atoms with van der Waals surface area (Å²) in [5.74, 6) is 0. The van der Waals surface area contributed by atoms with Gasteiger partial charge in [-0.15, -0.1) is 0 Å². The minimum absolute atomic E-state index is 0.0365. The molecule has 0 fully saturated rings. The molecule has 0 bridgehead atoms. The van der Waals surface area contributed by atoms with Crippen LogP contribution in [-0.2, 0) is 0 Å². The highest BCUT2D eigenvalue weighted by Gasteiger charge is 2.01. The molecule has 0 saturated carbocycles. The van der Waals surface area contributed by atoms with E-state index in [9.17, 15) is 9.59 Å². The van der Waals surface area contributed by atoms with Crippen LogP contribution in [0.2, 0.25) is 0 Å². The summed E-state index contributed by atoms with van der Waals surface area (Å²) in [5.41, 5.74) is 0.745. The second-order valence-corrected chi connectivity index (χ2v) is 8.80. The second-order valence-electron chi connectivity index (χ2n) is 5.50. The van der Waals surface area contributed by atoms with Gasteiger partial charge in [0.15, 0.2) is 0 Å². The maximum Gasteiger partial charge on any atom is 0.255 e. The maximum atomic E-state index is 11.6. The molecule has 0 aliphatic heterocycles. The lowest BCUT2D eigenvalue weighted by atomic mass is 10.3. The zero-order valence-electron chi connectivity index (χ0n) is 15.3. The van der Waals surface area contributed by atoms with E-state index < -0.39 is 0 Å². The van der Waals surface area contributed by atoms with Crippen molar-refractivity contribution in [3.63, 3.8) is 0 Å². The van der Waals surface area contributed by atoms with E-state index in [0.717, 1.165) is 19.5 Å². The predicted molar refractivity (Wildman–Crippen MR) is 134 cm³/mol. The topological polar surface area (TPSA) is 67.8 Å².